The van der Waals surface area contributed by atoms with Crippen LogP contribution in [0.5, 0.6) is 0 Å². The standard InChI is InChI=1S/C9H17N3O3/c1-11-5-6(12-10)9-7(13)3-4-8(14-2)15-9/h5,7-9,13H,3-4,10H2,1-2H3/b11-5?,12-6+/t7-,8-,9+/m0/s1. The molecule has 86 valence electrons. The first kappa shape index (κ1) is 12.1. The Morgan fingerprint density at radius 2 is 2.33 bits per heavy atom. The summed E-state index contributed by atoms with van der Waals surface area (Å²) in [6.45, 7) is 0. The van der Waals surface area contributed by atoms with Gasteiger partial charge in [-0.2, -0.15) is 5.10 Å². The highest BCUT2D eigenvalue weighted by atomic mass is 16.7. The summed E-state index contributed by atoms with van der Waals surface area (Å²) in [5, 5.41) is 13.3. The molecule has 0 aromatic heterocycles. The van der Waals surface area contributed by atoms with Gasteiger partial charge in [0, 0.05) is 26.8 Å². The summed E-state index contributed by atoms with van der Waals surface area (Å²) >= 11 is 0. The van der Waals surface area contributed by atoms with Gasteiger partial charge >= 0.3 is 0 Å². The van der Waals surface area contributed by atoms with Crippen molar-refractivity contribution in [2.24, 2.45) is 15.9 Å². The van der Waals surface area contributed by atoms with E-state index >= 15 is 0 Å². The summed E-state index contributed by atoms with van der Waals surface area (Å²) in [5.41, 5.74) is 0.423. The van der Waals surface area contributed by atoms with Crippen LogP contribution in [-0.4, -0.2) is 49.7 Å². The van der Waals surface area contributed by atoms with Gasteiger partial charge in [-0.05, 0) is 6.42 Å². The average Bonchev–Trinajstić information content (AvgIpc) is 2.27. The third kappa shape index (κ3) is 2.98. The maximum absolute atomic E-state index is 9.73. The monoisotopic (exact) mass is 215 g/mol. The van der Waals surface area contributed by atoms with Gasteiger partial charge in [-0.15, -0.1) is 0 Å². The molecule has 0 bridgehead atoms. The number of hydrogen-bond acceptors (Lipinski definition) is 6. The fraction of sp³-hybridized carbons (Fsp3) is 0.778. The molecule has 0 unspecified atom stereocenters. The summed E-state index contributed by atoms with van der Waals surface area (Å²) in [5.74, 6) is 5.20. The predicted octanol–water partition coefficient (Wildman–Crippen LogP) is -0.486. The molecule has 1 aliphatic rings. The van der Waals surface area contributed by atoms with Crippen molar-refractivity contribution in [2.75, 3.05) is 14.2 Å². The number of ether oxygens (including phenoxy) is 2. The minimum absolute atomic E-state index is 0.319. The van der Waals surface area contributed by atoms with Crippen molar-refractivity contribution in [1.29, 1.82) is 0 Å². The first-order chi connectivity index (χ1) is 7.22. The zero-order chi connectivity index (χ0) is 11.3. The lowest BCUT2D eigenvalue weighted by Crippen LogP contribution is -2.45. The van der Waals surface area contributed by atoms with Gasteiger partial charge in [-0.3, -0.25) is 4.99 Å². The third-order valence-corrected chi connectivity index (χ3v) is 2.31. The molecule has 0 aromatic carbocycles. The highest BCUT2D eigenvalue weighted by Crippen LogP contribution is 2.20. The summed E-state index contributed by atoms with van der Waals surface area (Å²) in [7, 11) is 3.17. The second-order valence-corrected chi connectivity index (χ2v) is 3.31. The first-order valence-corrected chi connectivity index (χ1v) is 4.79. The molecule has 0 radical (unpaired) electrons. The number of hydrogen-bond donors (Lipinski definition) is 2. The molecular weight excluding hydrogens is 198 g/mol. The second kappa shape index (κ2) is 5.79. The minimum atomic E-state index is -0.614. The van der Waals surface area contributed by atoms with E-state index < -0.39 is 12.2 Å². The van der Waals surface area contributed by atoms with Crippen molar-refractivity contribution in [2.45, 2.75) is 31.3 Å². The number of hydrazone groups is 1. The number of aliphatic hydroxyl groups is 1. The number of rotatable bonds is 3. The van der Waals surface area contributed by atoms with Crippen LogP contribution in [-0.2, 0) is 9.47 Å². The molecule has 1 heterocycles. The van der Waals surface area contributed by atoms with Crippen LogP contribution >= 0.6 is 0 Å². The molecule has 3 N–H and O–H groups in total. The van der Waals surface area contributed by atoms with E-state index in [-0.39, 0.29) is 6.29 Å². The molecule has 0 saturated carbocycles. The largest absolute Gasteiger partial charge is 0.390 e. The van der Waals surface area contributed by atoms with Crippen molar-refractivity contribution in [3.8, 4) is 0 Å². The fourth-order valence-corrected chi connectivity index (χ4v) is 1.53. The van der Waals surface area contributed by atoms with Crippen LogP contribution in [0.25, 0.3) is 0 Å². The molecule has 1 aliphatic heterocycles. The Morgan fingerprint density at radius 3 is 2.87 bits per heavy atom. The third-order valence-electron chi connectivity index (χ3n) is 2.31. The predicted molar refractivity (Wildman–Crippen MR) is 56.9 cm³/mol. The molecule has 6 heteroatoms. The van der Waals surface area contributed by atoms with E-state index in [1.807, 2.05) is 0 Å². The molecule has 0 aliphatic carbocycles. The second-order valence-electron chi connectivity index (χ2n) is 3.31. The molecule has 3 atom stereocenters. The lowest BCUT2D eigenvalue weighted by Gasteiger charge is -2.32. The lowest BCUT2D eigenvalue weighted by atomic mass is 10.0. The lowest BCUT2D eigenvalue weighted by molar-refractivity contribution is -0.191. The molecule has 1 fully saturated rings. The summed E-state index contributed by atoms with van der Waals surface area (Å²) in [6.07, 6.45) is 1.25. The van der Waals surface area contributed by atoms with Crippen LogP contribution in [0.3, 0.4) is 0 Å². The van der Waals surface area contributed by atoms with E-state index in [0.29, 0.717) is 18.6 Å². The van der Waals surface area contributed by atoms with E-state index in [1.165, 1.54) is 6.21 Å². The first-order valence-electron chi connectivity index (χ1n) is 4.79. The van der Waals surface area contributed by atoms with Gasteiger partial charge in [-0.25, -0.2) is 0 Å². The summed E-state index contributed by atoms with van der Waals surface area (Å²) in [6, 6.07) is 0. The Hall–Kier alpha value is -0.980. The molecule has 0 spiro atoms. The van der Waals surface area contributed by atoms with E-state index in [2.05, 4.69) is 10.1 Å². The molecule has 0 amide bonds. The molecular formula is C9H17N3O3. The van der Waals surface area contributed by atoms with Gasteiger partial charge in [-0.1, -0.05) is 0 Å². The maximum Gasteiger partial charge on any atom is 0.158 e. The highest BCUT2D eigenvalue weighted by molar-refractivity contribution is 6.32. The summed E-state index contributed by atoms with van der Waals surface area (Å²) < 4.78 is 10.5. The van der Waals surface area contributed by atoms with E-state index in [0.717, 1.165) is 0 Å². The van der Waals surface area contributed by atoms with E-state index in [4.69, 9.17) is 15.3 Å². The quantitative estimate of drug-likeness (QED) is 0.378. The molecule has 0 aromatic rings. The molecule has 1 rings (SSSR count). The Kier molecular flexibility index (Phi) is 4.67. The zero-order valence-electron chi connectivity index (χ0n) is 8.96. The van der Waals surface area contributed by atoms with Crippen molar-refractivity contribution in [1.82, 2.24) is 0 Å². The van der Waals surface area contributed by atoms with Crippen LogP contribution in [0.4, 0.5) is 0 Å². The zero-order valence-corrected chi connectivity index (χ0v) is 8.96. The van der Waals surface area contributed by atoms with Gasteiger partial charge in [0.25, 0.3) is 0 Å². The Morgan fingerprint density at radius 1 is 1.60 bits per heavy atom. The normalized spacial score (nSPS) is 33.5. The smallest absolute Gasteiger partial charge is 0.158 e. The number of aliphatic imine (C=N–C) groups is 1. The molecule has 15 heavy (non-hydrogen) atoms. The van der Waals surface area contributed by atoms with Crippen molar-refractivity contribution >= 4 is 11.9 Å². The van der Waals surface area contributed by atoms with Crippen LogP contribution in [0.2, 0.25) is 0 Å². The van der Waals surface area contributed by atoms with Gasteiger partial charge in [0.2, 0.25) is 0 Å². The topological polar surface area (TPSA) is 89.4 Å². The number of aliphatic hydroxyl groups excluding tert-OH is 1. The van der Waals surface area contributed by atoms with E-state index in [9.17, 15) is 5.11 Å². The minimum Gasteiger partial charge on any atom is -0.390 e. The molecule has 1 saturated heterocycles. The van der Waals surface area contributed by atoms with Crippen LogP contribution < -0.4 is 5.84 Å². The van der Waals surface area contributed by atoms with Crippen LogP contribution in [0.15, 0.2) is 10.1 Å². The fourth-order valence-electron chi connectivity index (χ4n) is 1.53. The molecule has 6 nitrogen and oxygen atoms in total. The van der Waals surface area contributed by atoms with Crippen molar-refractivity contribution in [3.63, 3.8) is 0 Å². The number of methoxy groups -OCH3 is 1. The van der Waals surface area contributed by atoms with Crippen LogP contribution in [0, 0.1) is 0 Å². The van der Waals surface area contributed by atoms with Gasteiger partial charge < -0.3 is 20.4 Å². The Labute approximate surface area is 88.8 Å². The van der Waals surface area contributed by atoms with E-state index in [1.54, 1.807) is 14.2 Å². The van der Waals surface area contributed by atoms with Gasteiger partial charge in [0.1, 0.15) is 11.8 Å². The van der Waals surface area contributed by atoms with Crippen molar-refractivity contribution in [3.05, 3.63) is 0 Å². The highest BCUT2D eigenvalue weighted by Gasteiger charge is 2.32. The SMILES string of the molecule is CN=C/C(=N\N)[C@H]1O[C@H](OC)CC[C@@H]1O. The average molecular weight is 215 g/mol. The Bertz CT molecular complexity index is 255. The maximum atomic E-state index is 9.73. The van der Waals surface area contributed by atoms with Crippen molar-refractivity contribution < 1.29 is 14.6 Å². The van der Waals surface area contributed by atoms with Gasteiger partial charge in [0.05, 0.1) is 6.10 Å². The van der Waals surface area contributed by atoms with Gasteiger partial charge in [0.15, 0.2) is 6.29 Å². The number of nitrogens with two attached hydrogens (primary N) is 1. The summed E-state index contributed by atoms with van der Waals surface area (Å²) in [4.78, 5) is 3.80. The number of nitrogens with zero attached hydrogens (tertiary/aromatic N) is 2. The van der Waals surface area contributed by atoms with Crippen LogP contribution in [0.1, 0.15) is 12.8 Å². The Balaban J connectivity index is 2.72.